The zero-order valence-electron chi connectivity index (χ0n) is 15.1. The third-order valence-corrected chi connectivity index (χ3v) is 4.24. The average Bonchev–Trinajstić information content (AvgIpc) is 3.13. The maximum atomic E-state index is 12.2. The lowest BCUT2D eigenvalue weighted by atomic mass is 10.1. The molecule has 0 saturated carbocycles. The van der Waals surface area contributed by atoms with E-state index in [0.29, 0.717) is 17.4 Å². The number of aromatic nitrogens is 4. The normalized spacial score (nSPS) is 10.9. The number of rotatable bonds is 4. The molecule has 27 heavy (non-hydrogen) atoms. The van der Waals surface area contributed by atoms with E-state index in [1.807, 2.05) is 62.4 Å². The molecule has 6 heteroatoms. The van der Waals surface area contributed by atoms with E-state index < -0.39 is 0 Å². The molecule has 0 aliphatic heterocycles. The predicted octanol–water partition coefficient (Wildman–Crippen LogP) is 3.63. The Kier molecular flexibility index (Phi) is 4.38. The van der Waals surface area contributed by atoms with Gasteiger partial charge in [0, 0.05) is 17.2 Å². The van der Waals surface area contributed by atoms with Crippen LogP contribution in [0.2, 0.25) is 0 Å². The second-order valence-corrected chi connectivity index (χ2v) is 6.46. The van der Waals surface area contributed by atoms with Crippen molar-refractivity contribution in [3.05, 3.63) is 88.0 Å². The molecular formula is C21H18N4O2. The molecule has 0 fully saturated rings. The maximum absolute atomic E-state index is 12.2. The van der Waals surface area contributed by atoms with Crippen molar-refractivity contribution in [2.45, 2.75) is 20.4 Å². The molecule has 0 amide bonds. The van der Waals surface area contributed by atoms with Gasteiger partial charge in [0.25, 0.3) is 5.56 Å². The van der Waals surface area contributed by atoms with E-state index >= 15 is 0 Å². The van der Waals surface area contributed by atoms with Gasteiger partial charge in [0.2, 0.25) is 11.7 Å². The first-order chi connectivity index (χ1) is 13.1. The molecule has 0 N–H and O–H groups in total. The SMILES string of the molecule is Cc1ccc(-c2ccc(=O)n(Cc3nc(-c4cccc(C)c4)no3)n2)cc1. The lowest BCUT2D eigenvalue weighted by Gasteiger charge is -2.05. The Balaban J connectivity index is 1.62. The predicted molar refractivity (Wildman–Crippen MR) is 102 cm³/mol. The summed E-state index contributed by atoms with van der Waals surface area (Å²) in [7, 11) is 0. The number of hydrogen-bond donors (Lipinski definition) is 0. The van der Waals surface area contributed by atoms with Gasteiger partial charge in [0.05, 0.1) is 5.69 Å². The van der Waals surface area contributed by atoms with Crippen LogP contribution in [0, 0.1) is 13.8 Å². The van der Waals surface area contributed by atoms with Crippen LogP contribution in [-0.4, -0.2) is 19.9 Å². The van der Waals surface area contributed by atoms with Crippen LogP contribution in [0.15, 0.2) is 70.0 Å². The molecule has 0 bridgehead atoms. The van der Waals surface area contributed by atoms with E-state index in [1.54, 1.807) is 6.07 Å². The highest BCUT2D eigenvalue weighted by molar-refractivity contribution is 5.58. The van der Waals surface area contributed by atoms with Crippen LogP contribution in [0.3, 0.4) is 0 Å². The molecule has 0 unspecified atom stereocenters. The fourth-order valence-corrected chi connectivity index (χ4v) is 2.79. The highest BCUT2D eigenvalue weighted by Gasteiger charge is 2.11. The molecule has 0 saturated heterocycles. The largest absolute Gasteiger partial charge is 0.337 e. The van der Waals surface area contributed by atoms with Crippen LogP contribution in [0.1, 0.15) is 17.0 Å². The molecule has 2 aromatic heterocycles. The minimum absolute atomic E-state index is 0.122. The Morgan fingerprint density at radius 3 is 2.52 bits per heavy atom. The van der Waals surface area contributed by atoms with Gasteiger partial charge in [-0.15, -0.1) is 0 Å². The molecule has 0 aliphatic rings. The van der Waals surface area contributed by atoms with Crippen LogP contribution in [-0.2, 0) is 6.54 Å². The molecule has 2 aromatic carbocycles. The Morgan fingerprint density at radius 2 is 1.74 bits per heavy atom. The minimum Gasteiger partial charge on any atom is -0.337 e. The molecule has 0 radical (unpaired) electrons. The first kappa shape index (κ1) is 16.9. The van der Waals surface area contributed by atoms with Crippen LogP contribution < -0.4 is 5.56 Å². The van der Waals surface area contributed by atoms with E-state index in [9.17, 15) is 4.79 Å². The van der Waals surface area contributed by atoms with Gasteiger partial charge < -0.3 is 4.52 Å². The van der Waals surface area contributed by atoms with Crippen LogP contribution in [0.25, 0.3) is 22.6 Å². The van der Waals surface area contributed by atoms with Crippen molar-refractivity contribution >= 4 is 0 Å². The second-order valence-electron chi connectivity index (χ2n) is 6.46. The summed E-state index contributed by atoms with van der Waals surface area (Å²) in [6.07, 6.45) is 0. The first-order valence-electron chi connectivity index (χ1n) is 8.63. The first-order valence-corrected chi connectivity index (χ1v) is 8.63. The Morgan fingerprint density at radius 1 is 0.926 bits per heavy atom. The van der Waals surface area contributed by atoms with Crippen LogP contribution >= 0.6 is 0 Å². The van der Waals surface area contributed by atoms with Crippen molar-refractivity contribution < 1.29 is 4.52 Å². The van der Waals surface area contributed by atoms with Gasteiger partial charge in [0.1, 0.15) is 6.54 Å². The zero-order chi connectivity index (χ0) is 18.8. The molecular weight excluding hydrogens is 340 g/mol. The van der Waals surface area contributed by atoms with E-state index in [2.05, 4.69) is 15.2 Å². The number of aryl methyl sites for hydroxylation is 2. The Bertz CT molecular complexity index is 1140. The molecule has 6 nitrogen and oxygen atoms in total. The molecule has 134 valence electrons. The lowest BCUT2D eigenvalue weighted by molar-refractivity contribution is 0.363. The molecule has 4 aromatic rings. The zero-order valence-corrected chi connectivity index (χ0v) is 15.1. The highest BCUT2D eigenvalue weighted by Crippen LogP contribution is 2.18. The van der Waals surface area contributed by atoms with Gasteiger partial charge in [-0.3, -0.25) is 4.79 Å². The van der Waals surface area contributed by atoms with Crippen molar-refractivity contribution in [1.29, 1.82) is 0 Å². The molecule has 0 spiro atoms. The van der Waals surface area contributed by atoms with Gasteiger partial charge in [-0.25, -0.2) is 4.68 Å². The minimum atomic E-state index is -0.221. The van der Waals surface area contributed by atoms with Crippen molar-refractivity contribution in [3.8, 4) is 22.6 Å². The topological polar surface area (TPSA) is 73.8 Å². The highest BCUT2D eigenvalue weighted by atomic mass is 16.5. The smallest absolute Gasteiger partial charge is 0.267 e. The van der Waals surface area contributed by atoms with Gasteiger partial charge in [0.15, 0.2) is 0 Å². The monoisotopic (exact) mass is 358 g/mol. The van der Waals surface area contributed by atoms with Crippen molar-refractivity contribution in [2.24, 2.45) is 0 Å². The molecule has 0 atom stereocenters. The second kappa shape index (κ2) is 6.99. The van der Waals surface area contributed by atoms with E-state index in [1.165, 1.54) is 16.3 Å². The number of nitrogens with zero attached hydrogens (tertiary/aromatic N) is 4. The van der Waals surface area contributed by atoms with Gasteiger partial charge in [-0.05, 0) is 26.0 Å². The van der Waals surface area contributed by atoms with Gasteiger partial charge >= 0.3 is 0 Å². The van der Waals surface area contributed by atoms with Gasteiger partial charge in [-0.1, -0.05) is 58.7 Å². The van der Waals surface area contributed by atoms with Crippen molar-refractivity contribution in [1.82, 2.24) is 19.9 Å². The van der Waals surface area contributed by atoms with Crippen molar-refractivity contribution in [2.75, 3.05) is 0 Å². The maximum Gasteiger partial charge on any atom is 0.267 e. The third kappa shape index (κ3) is 3.69. The molecule has 0 aliphatic carbocycles. The summed E-state index contributed by atoms with van der Waals surface area (Å²) in [6.45, 7) is 4.15. The third-order valence-electron chi connectivity index (χ3n) is 4.24. The summed E-state index contributed by atoms with van der Waals surface area (Å²) in [5.41, 5.74) is 4.59. The summed E-state index contributed by atoms with van der Waals surface area (Å²) in [6, 6.07) is 19.1. The Hall–Kier alpha value is -3.54. The standard InChI is InChI=1S/C21H18N4O2/c1-14-6-8-16(9-7-14)18-10-11-20(26)25(23-18)13-19-22-21(24-27-19)17-5-3-4-15(2)12-17/h3-12H,13H2,1-2H3. The van der Waals surface area contributed by atoms with E-state index in [4.69, 9.17) is 4.52 Å². The van der Waals surface area contributed by atoms with Gasteiger partial charge in [-0.2, -0.15) is 10.1 Å². The number of benzene rings is 2. The fourth-order valence-electron chi connectivity index (χ4n) is 2.79. The summed E-state index contributed by atoms with van der Waals surface area (Å²) in [4.78, 5) is 16.6. The Labute approximate surface area is 156 Å². The van der Waals surface area contributed by atoms with Crippen LogP contribution in [0.4, 0.5) is 0 Å². The van der Waals surface area contributed by atoms with Crippen molar-refractivity contribution in [3.63, 3.8) is 0 Å². The fraction of sp³-hybridized carbons (Fsp3) is 0.143. The summed E-state index contributed by atoms with van der Waals surface area (Å²) >= 11 is 0. The lowest BCUT2D eigenvalue weighted by Crippen LogP contribution is -2.23. The summed E-state index contributed by atoms with van der Waals surface area (Å²) < 4.78 is 6.65. The average molecular weight is 358 g/mol. The molecule has 2 heterocycles. The van der Waals surface area contributed by atoms with E-state index in [0.717, 1.165) is 16.7 Å². The molecule has 4 rings (SSSR count). The summed E-state index contributed by atoms with van der Waals surface area (Å²) in [5.74, 6) is 0.832. The quantitative estimate of drug-likeness (QED) is 0.557. The summed E-state index contributed by atoms with van der Waals surface area (Å²) in [5, 5.41) is 8.45. The van der Waals surface area contributed by atoms with E-state index in [-0.39, 0.29) is 12.1 Å². The van der Waals surface area contributed by atoms with Crippen LogP contribution in [0.5, 0.6) is 0 Å². The number of hydrogen-bond acceptors (Lipinski definition) is 5.